The molecule has 0 spiro atoms. The fourth-order valence-corrected chi connectivity index (χ4v) is 3.41. The van der Waals surface area contributed by atoms with E-state index in [2.05, 4.69) is 82.8 Å². The second-order valence-corrected chi connectivity index (χ2v) is 7.25. The number of hydrogen-bond donors (Lipinski definition) is 0. The van der Waals surface area contributed by atoms with Crippen molar-refractivity contribution in [1.29, 1.82) is 0 Å². The molecule has 2 rings (SSSR count). The molecule has 0 aromatic carbocycles. The Hall–Kier alpha value is 0.850. The standard InChI is InChI=1S/C8H5BrI2N2S/c9-6-2-1-5(14-6)3-13-4-12-7(10)8(13)11/h1-2,4H,3H2. The van der Waals surface area contributed by atoms with Gasteiger partial charge in [0.15, 0.2) is 0 Å². The molecular weight excluding hydrogens is 490 g/mol. The molecule has 0 atom stereocenters. The van der Waals surface area contributed by atoms with E-state index in [1.165, 1.54) is 12.4 Å². The lowest BCUT2D eigenvalue weighted by molar-refractivity contribution is 0.789. The molecule has 0 fully saturated rings. The van der Waals surface area contributed by atoms with Crippen LogP contribution < -0.4 is 0 Å². The quantitative estimate of drug-likeness (QED) is 0.578. The van der Waals surface area contributed by atoms with Gasteiger partial charge in [-0.3, -0.25) is 0 Å². The van der Waals surface area contributed by atoms with E-state index >= 15 is 0 Å². The molecule has 2 nitrogen and oxygen atoms in total. The van der Waals surface area contributed by atoms with Crippen LogP contribution in [0.2, 0.25) is 0 Å². The minimum absolute atomic E-state index is 0.907. The summed E-state index contributed by atoms with van der Waals surface area (Å²) in [4.78, 5) is 5.59. The molecule has 0 radical (unpaired) electrons. The average molecular weight is 495 g/mol. The molecule has 0 bridgehead atoms. The molecule has 2 aromatic rings. The van der Waals surface area contributed by atoms with E-state index in [1.54, 1.807) is 11.3 Å². The van der Waals surface area contributed by atoms with Crippen LogP contribution in [0.15, 0.2) is 22.2 Å². The monoisotopic (exact) mass is 494 g/mol. The van der Waals surface area contributed by atoms with E-state index < -0.39 is 0 Å². The zero-order chi connectivity index (χ0) is 10.1. The number of hydrogen-bond acceptors (Lipinski definition) is 2. The third kappa shape index (κ3) is 2.50. The van der Waals surface area contributed by atoms with Crippen LogP contribution in [-0.4, -0.2) is 9.55 Å². The van der Waals surface area contributed by atoms with Gasteiger partial charge in [-0.05, 0) is 73.2 Å². The molecule has 2 aromatic heterocycles. The Kier molecular flexibility index (Phi) is 3.88. The third-order valence-electron chi connectivity index (χ3n) is 1.69. The molecule has 2 heterocycles. The molecule has 0 saturated carbocycles. The summed E-state index contributed by atoms with van der Waals surface area (Å²) in [7, 11) is 0. The van der Waals surface area contributed by atoms with E-state index in [0.29, 0.717) is 0 Å². The molecule has 0 saturated heterocycles. The maximum atomic E-state index is 4.25. The van der Waals surface area contributed by atoms with Gasteiger partial charge in [-0.2, -0.15) is 0 Å². The van der Waals surface area contributed by atoms with Gasteiger partial charge in [-0.25, -0.2) is 4.98 Å². The number of nitrogens with zero attached hydrogens (tertiary/aromatic N) is 2. The highest BCUT2D eigenvalue weighted by Gasteiger charge is 2.06. The first-order valence-electron chi connectivity index (χ1n) is 3.77. The van der Waals surface area contributed by atoms with Crippen molar-refractivity contribution in [3.05, 3.63) is 34.5 Å². The topological polar surface area (TPSA) is 17.8 Å². The van der Waals surface area contributed by atoms with Crippen molar-refractivity contribution in [1.82, 2.24) is 9.55 Å². The van der Waals surface area contributed by atoms with Crippen LogP contribution in [0.1, 0.15) is 4.88 Å². The lowest BCUT2D eigenvalue weighted by Crippen LogP contribution is -1.98. The van der Waals surface area contributed by atoms with Gasteiger partial charge in [0.25, 0.3) is 0 Å². The van der Waals surface area contributed by atoms with Crippen molar-refractivity contribution in [3.63, 3.8) is 0 Å². The average Bonchev–Trinajstić information content (AvgIpc) is 2.67. The number of thiophene rings is 1. The first-order chi connectivity index (χ1) is 6.66. The Bertz CT molecular complexity index is 452. The number of aromatic nitrogens is 2. The molecule has 0 aliphatic carbocycles. The molecular formula is C8H5BrI2N2S. The van der Waals surface area contributed by atoms with Crippen LogP contribution in [0.4, 0.5) is 0 Å². The fourth-order valence-electron chi connectivity index (χ4n) is 1.06. The first-order valence-corrected chi connectivity index (χ1v) is 7.54. The van der Waals surface area contributed by atoms with Crippen molar-refractivity contribution in [2.45, 2.75) is 6.54 Å². The normalized spacial score (nSPS) is 10.8. The van der Waals surface area contributed by atoms with Crippen molar-refractivity contribution in [3.8, 4) is 0 Å². The molecule has 14 heavy (non-hydrogen) atoms. The highest BCUT2D eigenvalue weighted by molar-refractivity contribution is 14.1. The predicted octanol–water partition coefficient (Wildman–Crippen LogP) is 3.96. The van der Waals surface area contributed by atoms with Gasteiger partial charge < -0.3 is 4.57 Å². The summed E-state index contributed by atoms with van der Waals surface area (Å²) in [5.41, 5.74) is 0. The first kappa shape index (κ1) is 11.3. The fraction of sp³-hybridized carbons (Fsp3) is 0.125. The minimum Gasteiger partial charge on any atom is -0.320 e. The van der Waals surface area contributed by atoms with Gasteiger partial charge in [0.1, 0.15) is 7.40 Å². The summed E-state index contributed by atoms with van der Waals surface area (Å²) in [5.74, 6) is 0. The summed E-state index contributed by atoms with van der Waals surface area (Å²) in [6.07, 6.45) is 1.89. The van der Waals surface area contributed by atoms with E-state index in [-0.39, 0.29) is 0 Å². The second-order valence-electron chi connectivity index (χ2n) is 2.66. The lowest BCUT2D eigenvalue weighted by atomic mass is 10.5. The van der Waals surface area contributed by atoms with Crippen LogP contribution >= 0.6 is 72.4 Å². The van der Waals surface area contributed by atoms with Crippen molar-refractivity contribution < 1.29 is 0 Å². The van der Waals surface area contributed by atoms with E-state index in [9.17, 15) is 0 Å². The second kappa shape index (κ2) is 4.79. The SMILES string of the molecule is Brc1ccc(Cn2cnc(I)c2I)s1. The number of imidazole rings is 1. The maximum Gasteiger partial charge on any atom is 0.132 e. The Labute approximate surface area is 122 Å². The molecule has 74 valence electrons. The Morgan fingerprint density at radius 3 is 2.71 bits per heavy atom. The summed E-state index contributed by atoms with van der Waals surface area (Å²) in [6, 6.07) is 4.21. The summed E-state index contributed by atoms with van der Waals surface area (Å²) in [6.45, 7) is 0.907. The van der Waals surface area contributed by atoms with E-state index in [0.717, 1.165) is 10.2 Å². The highest BCUT2D eigenvalue weighted by Crippen LogP contribution is 2.24. The molecule has 0 aliphatic rings. The summed E-state index contributed by atoms with van der Waals surface area (Å²) in [5, 5.41) is 0. The van der Waals surface area contributed by atoms with E-state index in [4.69, 9.17) is 0 Å². The predicted molar refractivity (Wildman–Crippen MR) is 78.8 cm³/mol. The van der Waals surface area contributed by atoms with Crippen LogP contribution in [0.3, 0.4) is 0 Å². The molecule has 0 amide bonds. The zero-order valence-electron chi connectivity index (χ0n) is 6.88. The van der Waals surface area contributed by atoms with Crippen LogP contribution in [0, 0.1) is 7.40 Å². The molecule has 6 heteroatoms. The number of halogens is 3. The Balaban J connectivity index is 2.22. The third-order valence-corrected chi connectivity index (χ3v) is 6.25. The highest BCUT2D eigenvalue weighted by atomic mass is 127. The smallest absolute Gasteiger partial charge is 0.132 e. The van der Waals surface area contributed by atoms with Crippen molar-refractivity contribution in [2.24, 2.45) is 0 Å². The van der Waals surface area contributed by atoms with E-state index in [1.807, 2.05) is 6.33 Å². The maximum absolute atomic E-state index is 4.25. The van der Waals surface area contributed by atoms with Gasteiger partial charge in [0.2, 0.25) is 0 Å². The minimum atomic E-state index is 0.907. The Morgan fingerprint density at radius 2 is 2.21 bits per heavy atom. The molecule has 0 aliphatic heterocycles. The lowest BCUT2D eigenvalue weighted by Gasteiger charge is -2.00. The van der Waals surface area contributed by atoms with Crippen LogP contribution in [0.25, 0.3) is 0 Å². The largest absolute Gasteiger partial charge is 0.320 e. The van der Waals surface area contributed by atoms with Crippen LogP contribution in [-0.2, 0) is 6.54 Å². The van der Waals surface area contributed by atoms with Gasteiger partial charge >= 0.3 is 0 Å². The number of rotatable bonds is 2. The Morgan fingerprint density at radius 1 is 1.43 bits per heavy atom. The van der Waals surface area contributed by atoms with Crippen molar-refractivity contribution >= 4 is 72.4 Å². The van der Waals surface area contributed by atoms with Gasteiger partial charge in [0.05, 0.1) is 16.7 Å². The van der Waals surface area contributed by atoms with Gasteiger partial charge in [-0.15, -0.1) is 11.3 Å². The van der Waals surface area contributed by atoms with Crippen LogP contribution in [0.5, 0.6) is 0 Å². The van der Waals surface area contributed by atoms with Gasteiger partial charge in [-0.1, -0.05) is 0 Å². The summed E-state index contributed by atoms with van der Waals surface area (Å²) < 4.78 is 5.60. The molecule has 0 unspecified atom stereocenters. The molecule has 0 N–H and O–H groups in total. The summed E-state index contributed by atoms with van der Waals surface area (Å²) >= 11 is 9.79. The van der Waals surface area contributed by atoms with Gasteiger partial charge in [0, 0.05) is 4.88 Å². The van der Waals surface area contributed by atoms with Crippen molar-refractivity contribution in [2.75, 3.05) is 0 Å². The zero-order valence-corrected chi connectivity index (χ0v) is 13.6.